The van der Waals surface area contributed by atoms with Gasteiger partial charge in [-0.15, -0.1) is 0 Å². The number of amides is 3. The fourth-order valence-corrected chi connectivity index (χ4v) is 3.36. The maximum atomic E-state index is 12.3. The van der Waals surface area contributed by atoms with Crippen LogP contribution >= 0.6 is 0 Å². The number of hydrogen-bond donors (Lipinski definition) is 1. The van der Waals surface area contributed by atoms with Crippen LogP contribution in [-0.4, -0.2) is 68.2 Å². The van der Waals surface area contributed by atoms with E-state index in [4.69, 9.17) is 4.74 Å². The summed E-state index contributed by atoms with van der Waals surface area (Å²) in [4.78, 5) is 28.0. The van der Waals surface area contributed by atoms with E-state index in [0.29, 0.717) is 38.0 Å². The van der Waals surface area contributed by atoms with Crippen LogP contribution in [0.1, 0.15) is 26.2 Å². The Morgan fingerprint density at radius 1 is 1.33 bits per heavy atom. The molecule has 2 atom stereocenters. The van der Waals surface area contributed by atoms with Gasteiger partial charge < -0.3 is 19.9 Å². The van der Waals surface area contributed by atoms with Crippen molar-refractivity contribution < 1.29 is 14.3 Å². The number of hydrogen-bond acceptors (Lipinski definition) is 3. The van der Waals surface area contributed by atoms with E-state index in [-0.39, 0.29) is 11.9 Å². The molecule has 2 aliphatic rings. The number of nitrogens with one attached hydrogen (secondary N) is 1. The van der Waals surface area contributed by atoms with Crippen molar-refractivity contribution in [3.63, 3.8) is 0 Å². The molecule has 2 rings (SSSR count). The molecule has 0 aliphatic carbocycles. The molecule has 2 unspecified atom stereocenters. The Bertz CT molecular complexity index is 375. The predicted octanol–water partition coefficient (Wildman–Crippen LogP) is 0.923. The number of urea groups is 1. The van der Waals surface area contributed by atoms with E-state index >= 15 is 0 Å². The molecule has 0 aromatic rings. The summed E-state index contributed by atoms with van der Waals surface area (Å²) in [5, 5.41) is 2.86. The lowest BCUT2D eigenvalue weighted by molar-refractivity contribution is -0.132. The highest BCUT2D eigenvalue weighted by Gasteiger charge is 2.36. The van der Waals surface area contributed by atoms with Gasteiger partial charge in [0.05, 0.1) is 6.61 Å². The van der Waals surface area contributed by atoms with E-state index < -0.39 is 0 Å². The normalized spacial score (nSPS) is 26.3. The first-order valence-electron chi connectivity index (χ1n) is 7.95. The predicted molar refractivity (Wildman–Crippen MR) is 79.9 cm³/mol. The van der Waals surface area contributed by atoms with Crippen LogP contribution in [0.2, 0.25) is 0 Å². The van der Waals surface area contributed by atoms with Crippen molar-refractivity contribution in [2.75, 3.05) is 46.4 Å². The second-order valence-electron chi connectivity index (χ2n) is 5.96. The number of methoxy groups -OCH3 is 1. The Hall–Kier alpha value is -1.30. The molecule has 120 valence electrons. The number of fused-ring (bicyclic) bond motifs is 1. The summed E-state index contributed by atoms with van der Waals surface area (Å²) in [6.07, 6.45) is 2.54. The van der Waals surface area contributed by atoms with Crippen LogP contribution in [0.25, 0.3) is 0 Å². The third-order valence-corrected chi connectivity index (χ3v) is 4.63. The second kappa shape index (κ2) is 7.64. The first kappa shape index (κ1) is 16.1. The third-order valence-electron chi connectivity index (χ3n) is 4.63. The molecule has 0 radical (unpaired) electrons. The number of piperidine rings is 1. The smallest absolute Gasteiger partial charge is 0.317 e. The standard InChI is InChI=1S/C15H27N3O3/c1-3-16-15(20)18-7-4-12-10-14(19)17(8-9-21-2)6-5-13(12)11-18/h12-13H,3-11H2,1-2H3,(H,16,20). The summed E-state index contributed by atoms with van der Waals surface area (Å²) in [7, 11) is 1.66. The quantitative estimate of drug-likeness (QED) is 0.839. The first-order chi connectivity index (χ1) is 10.2. The van der Waals surface area contributed by atoms with E-state index in [2.05, 4.69) is 5.32 Å². The molecule has 0 spiro atoms. The van der Waals surface area contributed by atoms with Gasteiger partial charge in [-0.1, -0.05) is 0 Å². The van der Waals surface area contributed by atoms with Crippen LogP contribution in [0.3, 0.4) is 0 Å². The molecule has 1 N–H and O–H groups in total. The van der Waals surface area contributed by atoms with Gasteiger partial charge in [0.1, 0.15) is 0 Å². The van der Waals surface area contributed by atoms with Gasteiger partial charge in [0.15, 0.2) is 0 Å². The third kappa shape index (κ3) is 4.09. The van der Waals surface area contributed by atoms with Crippen molar-refractivity contribution in [3.8, 4) is 0 Å². The van der Waals surface area contributed by atoms with Gasteiger partial charge in [-0.25, -0.2) is 4.79 Å². The fraction of sp³-hybridized carbons (Fsp3) is 0.867. The molecule has 2 heterocycles. The minimum absolute atomic E-state index is 0.0303. The first-order valence-corrected chi connectivity index (χ1v) is 7.95. The van der Waals surface area contributed by atoms with Crippen molar-refractivity contribution in [2.24, 2.45) is 11.8 Å². The topological polar surface area (TPSA) is 61.9 Å². The molecule has 3 amide bonds. The summed E-state index contributed by atoms with van der Waals surface area (Å²) in [6, 6.07) is 0.0303. The van der Waals surface area contributed by atoms with E-state index in [0.717, 1.165) is 32.5 Å². The largest absolute Gasteiger partial charge is 0.383 e. The number of likely N-dealkylation sites (tertiary alicyclic amines) is 2. The van der Waals surface area contributed by atoms with Crippen molar-refractivity contribution >= 4 is 11.9 Å². The lowest BCUT2D eigenvalue weighted by Crippen LogP contribution is -2.48. The molecule has 0 bridgehead atoms. The molecule has 21 heavy (non-hydrogen) atoms. The average Bonchev–Trinajstić information content (AvgIpc) is 2.63. The molecular formula is C15H27N3O3. The van der Waals surface area contributed by atoms with Crippen molar-refractivity contribution in [3.05, 3.63) is 0 Å². The molecule has 2 aliphatic heterocycles. The van der Waals surface area contributed by atoms with Gasteiger partial charge in [-0.05, 0) is 31.6 Å². The molecular weight excluding hydrogens is 270 g/mol. The lowest BCUT2D eigenvalue weighted by atomic mass is 9.82. The maximum Gasteiger partial charge on any atom is 0.317 e. The highest BCUT2D eigenvalue weighted by atomic mass is 16.5. The zero-order valence-corrected chi connectivity index (χ0v) is 13.1. The van der Waals surface area contributed by atoms with Crippen LogP contribution in [0.4, 0.5) is 4.79 Å². The Morgan fingerprint density at radius 2 is 2.10 bits per heavy atom. The zero-order valence-electron chi connectivity index (χ0n) is 13.1. The van der Waals surface area contributed by atoms with Gasteiger partial charge in [-0.2, -0.15) is 0 Å². The van der Waals surface area contributed by atoms with Gasteiger partial charge >= 0.3 is 6.03 Å². The van der Waals surface area contributed by atoms with Crippen molar-refractivity contribution in [1.82, 2.24) is 15.1 Å². The SMILES string of the molecule is CCNC(=O)N1CCC2CC(=O)N(CCOC)CCC2C1. The minimum Gasteiger partial charge on any atom is -0.383 e. The Morgan fingerprint density at radius 3 is 2.81 bits per heavy atom. The number of rotatable bonds is 4. The number of carbonyl (C=O) groups excluding carboxylic acids is 2. The highest BCUT2D eigenvalue weighted by molar-refractivity contribution is 5.77. The number of nitrogens with zero attached hydrogens (tertiary/aromatic N) is 2. The number of ether oxygens (including phenoxy) is 1. The van der Waals surface area contributed by atoms with Gasteiger partial charge in [0.25, 0.3) is 0 Å². The van der Waals surface area contributed by atoms with Crippen LogP contribution in [0, 0.1) is 11.8 Å². The molecule has 0 aromatic heterocycles. The fourth-order valence-electron chi connectivity index (χ4n) is 3.36. The molecule has 6 nitrogen and oxygen atoms in total. The Kier molecular flexibility index (Phi) is 5.85. The van der Waals surface area contributed by atoms with E-state index in [1.165, 1.54) is 0 Å². The van der Waals surface area contributed by atoms with Gasteiger partial charge in [-0.3, -0.25) is 4.79 Å². The molecule has 2 saturated heterocycles. The molecule has 0 aromatic carbocycles. The van der Waals surface area contributed by atoms with E-state index in [9.17, 15) is 9.59 Å². The van der Waals surface area contributed by atoms with Gasteiger partial charge in [0.2, 0.25) is 5.91 Å². The van der Waals surface area contributed by atoms with Gasteiger partial charge in [0, 0.05) is 46.3 Å². The Labute approximate surface area is 126 Å². The van der Waals surface area contributed by atoms with Crippen molar-refractivity contribution in [1.29, 1.82) is 0 Å². The summed E-state index contributed by atoms with van der Waals surface area (Å²) in [6.45, 7) is 6.18. The van der Waals surface area contributed by atoms with Crippen LogP contribution < -0.4 is 5.32 Å². The monoisotopic (exact) mass is 297 g/mol. The summed E-state index contributed by atoms with van der Waals surface area (Å²) in [5.41, 5.74) is 0. The van der Waals surface area contributed by atoms with Crippen LogP contribution in [0.15, 0.2) is 0 Å². The molecule has 6 heteroatoms. The zero-order chi connectivity index (χ0) is 15.2. The maximum absolute atomic E-state index is 12.3. The van der Waals surface area contributed by atoms with Crippen LogP contribution in [0.5, 0.6) is 0 Å². The Balaban J connectivity index is 1.92. The molecule has 0 saturated carbocycles. The summed E-state index contributed by atoms with van der Waals surface area (Å²) >= 11 is 0. The van der Waals surface area contributed by atoms with Crippen molar-refractivity contribution in [2.45, 2.75) is 26.2 Å². The lowest BCUT2D eigenvalue weighted by Gasteiger charge is -2.37. The summed E-state index contributed by atoms with van der Waals surface area (Å²) in [5.74, 6) is 1.11. The number of carbonyl (C=O) groups is 2. The molecule has 2 fully saturated rings. The van der Waals surface area contributed by atoms with E-state index in [1.807, 2.05) is 16.7 Å². The summed E-state index contributed by atoms with van der Waals surface area (Å²) < 4.78 is 5.07. The van der Waals surface area contributed by atoms with Crippen LogP contribution in [-0.2, 0) is 9.53 Å². The highest BCUT2D eigenvalue weighted by Crippen LogP contribution is 2.32. The average molecular weight is 297 g/mol. The van der Waals surface area contributed by atoms with E-state index in [1.54, 1.807) is 7.11 Å². The minimum atomic E-state index is 0.0303. The second-order valence-corrected chi connectivity index (χ2v) is 5.96.